The third kappa shape index (κ3) is 2.27. The van der Waals surface area contributed by atoms with E-state index in [0.29, 0.717) is 0 Å². The van der Waals surface area contributed by atoms with Crippen LogP contribution >= 0.6 is 15.8 Å². The SMILES string of the molecule is CC(C)(C)N1C=CN(C(C)(C)C)B1Br. The van der Waals surface area contributed by atoms with Gasteiger partial charge in [-0.05, 0) is 41.5 Å². The molecule has 0 aromatic heterocycles. The molecular formula is C10H20BBrN2. The van der Waals surface area contributed by atoms with Crippen molar-refractivity contribution in [2.45, 2.75) is 52.6 Å². The molecule has 4 heteroatoms. The summed E-state index contributed by atoms with van der Waals surface area (Å²) in [6.07, 6.45) is 4.31. The lowest BCUT2D eigenvalue weighted by molar-refractivity contribution is 0.291. The molecule has 1 aliphatic rings. The first-order chi connectivity index (χ1) is 6.14. The van der Waals surface area contributed by atoms with Crippen molar-refractivity contribution in [3.05, 3.63) is 12.4 Å². The fourth-order valence-electron chi connectivity index (χ4n) is 1.51. The Labute approximate surface area is 96.4 Å². The molecule has 0 N–H and O–H groups in total. The molecule has 1 rings (SSSR count). The first kappa shape index (κ1) is 12.0. The summed E-state index contributed by atoms with van der Waals surface area (Å²) in [6, 6.07) is 0. The summed E-state index contributed by atoms with van der Waals surface area (Å²) in [6.45, 7) is 13.3. The summed E-state index contributed by atoms with van der Waals surface area (Å²) in [7, 11) is 0. The zero-order valence-corrected chi connectivity index (χ0v) is 11.6. The second-order valence-electron chi connectivity index (χ2n) is 5.76. The summed E-state index contributed by atoms with van der Waals surface area (Å²) < 4.78 is 0. The molecular weight excluding hydrogens is 239 g/mol. The minimum Gasteiger partial charge on any atom is -0.386 e. The molecule has 0 radical (unpaired) electrons. The third-order valence-corrected chi connectivity index (χ3v) is 3.28. The standard InChI is InChI=1S/C10H20BBrN2/c1-9(2,3)13-7-8-14(11(13)12)10(4,5)6/h7-8H,1-6H3. The summed E-state index contributed by atoms with van der Waals surface area (Å²) in [5.74, 6) is 0.266. The average molecular weight is 259 g/mol. The molecule has 0 unspecified atom stereocenters. The van der Waals surface area contributed by atoms with Gasteiger partial charge in [0.15, 0.2) is 0 Å². The molecule has 0 amide bonds. The highest BCUT2D eigenvalue weighted by molar-refractivity contribution is 9.24. The molecule has 1 aliphatic heterocycles. The maximum Gasteiger partial charge on any atom is 0.455 e. The second-order valence-corrected chi connectivity index (χ2v) is 6.58. The van der Waals surface area contributed by atoms with E-state index >= 15 is 0 Å². The number of nitrogens with zero attached hydrogens (tertiary/aromatic N) is 2. The molecule has 0 spiro atoms. The second kappa shape index (κ2) is 3.48. The molecule has 0 aromatic carbocycles. The minimum absolute atomic E-state index is 0.157. The predicted molar refractivity (Wildman–Crippen MR) is 67.0 cm³/mol. The Morgan fingerprint density at radius 2 is 1.14 bits per heavy atom. The Morgan fingerprint density at radius 1 is 0.857 bits per heavy atom. The van der Waals surface area contributed by atoms with Crippen LogP contribution in [0.15, 0.2) is 12.4 Å². The van der Waals surface area contributed by atoms with Crippen LogP contribution in [-0.4, -0.2) is 26.5 Å². The smallest absolute Gasteiger partial charge is 0.386 e. The van der Waals surface area contributed by atoms with Crippen LogP contribution in [0.5, 0.6) is 0 Å². The van der Waals surface area contributed by atoms with Gasteiger partial charge in [0.05, 0.1) is 0 Å². The number of hydrogen-bond acceptors (Lipinski definition) is 2. The molecule has 2 nitrogen and oxygen atoms in total. The van der Waals surface area contributed by atoms with E-state index in [-0.39, 0.29) is 16.9 Å². The van der Waals surface area contributed by atoms with Crippen LogP contribution in [0.1, 0.15) is 41.5 Å². The fourth-order valence-corrected chi connectivity index (χ4v) is 3.01. The maximum absolute atomic E-state index is 3.73. The number of hydrogen-bond donors (Lipinski definition) is 0. The Kier molecular flexibility index (Phi) is 2.97. The van der Waals surface area contributed by atoms with Gasteiger partial charge in [0, 0.05) is 23.5 Å². The lowest BCUT2D eigenvalue weighted by atomic mass is 9.91. The zero-order valence-electron chi connectivity index (χ0n) is 10.0. The van der Waals surface area contributed by atoms with Gasteiger partial charge >= 0.3 is 5.81 Å². The Morgan fingerprint density at radius 3 is 1.29 bits per heavy atom. The normalized spacial score (nSPS) is 18.4. The van der Waals surface area contributed by atoms with Crippen LogP contribution < -0.4 is 0 Å². The van der Waals surface area contributed by atoms with Gasteiger partial charge in [0.25, 0.3) is 0 Å². The van der Waals surface area contributed by atoms with Gasteiger partial charge < -0.3 is 9.62 Å². The van der Waals surface area contributed by atoms with Crippen LogP contribution in [0.2, 0.25) is 0 Å². The highest BCUT2D eigenvalue weighted by atomic mass is 79.9. The third-order valence-electron chi connectivity index (χ3n) is 2.40. The van der Waals surface area contributed by atoms with Crippen molar-refractivity contribution in [2.24, 2.45) is 0 Å². The molecule has 0 fully saturated rings. The quantitative estimate of drug-likeness (QED) is 0.617. The Bertz CT molecular complexity index is 215. The van der Waals surface area contributed by atoms with Gasteiger partial charge in [-0.2, -0.15) is 0 Å². The largest absolute Gasteiger partial charge is 0.455 e. The fraction of sp³-hybridized carbons (Fsp3) is 0.800. The number of halogens is 1. The first-order valence-corrected chi connectivity index (χ1v) is 5.95. The van der Waals surface area contributed by atoms with Crippen molar-refractivity contribution in [2.75, 3.05) is 0 Å². The summed E-state index contributed by atoms with van der Waals surface area (Å²) >= 11 is 3.73. The highest BCUT2D eigenvalue weighted by Gasteiger charge is 2.40. The van der Waals surface area contributed by atoms with E-state index < -0.39 is 0 Å². The molecule has 0 saturated carbocycles. The Balaban J connectivity index is 2.81. The Hall–Kier alpha value is -0.115. The van der Waals surface area contributed by atoms with E-state index in [2.05, 4.69) is 79.3 Å². The average Bonchev–Trinajstić information content (AvgIpc) is 2.26. The lowest BCUT2D eigenvalue weighted by Gasteiger charge is -2.40. The molecule has 0 aliphatic carbocycles. The monoisotopic (exact) mass is 258 g/mol. The van der Waals surface area contributed by atoms with Crippen molar-refractivity contribution in [3.63, 3.8) is 0 Å². The van der Waals surface area contributed by atoms with Crippen LogP contribution in [0.25, 0.3) is 0 Å². The van der Waals surface area contributed by atoms with Crippen LogP contribution in [0.4, 0.5) is 0 Å². The molecule has 80 valence electrons. The first-order valence-electron chi connectivity index (χ1n) is 5.03. The van der Waals surface area contributed by atoms with E-state index in [1.165, 1.54) is 0 Å². The van der Waals surface area contributed by atoms with Crippen molar-refractivity contribution >= 4 is 21.6 Å². The van der Waals surface area contributed by atoms with Gasteiger partial charge in [0.1, 0.15) is 0 Å². The predicted octanol–water partition coefficient (Wildman–Crippen LogP) is 3.05. The topological polar surface area (TPSA) is 6.48 Å². The lowest BCUT2D eigenvalue weighted by Crippen LogP contribution is -2.53. The summed E-state index contributed by atoms with van der Waals surface area (Å²) in [4.78, 5) is 4.64. The van der Waals surface area contributed by atoms with Gasteiger partial charge in [-0.25, -0.2) is 0 Å². The van der Waals surface area contributed by atoms with Crippen LogP contribution in [0.3, 0.4) is 0 Å². The summed E-state index contributed by atoms with van der Waals surface area (Å²) in [5, 5.41) is 0. The van der Waals surface area contributed by atoms with Crippen molar-refractivity contribution in [1.29, 1.82) is 0 Å². The van der Waals surface area contributed by atoms with Gasteiger partial charge in [-0.3, -0.25) is 0 Å². The molecule has 14 heavy (non-hydrogen) atoms. The van der Waals surface area contributed by atoms with E-state index in [4.69, 9.17) is 0 Å². The van der Waals surface area contributed by atoms with E-state index in [9.17, 15) is 0 Å². The van der Waals surface area contributed by atoms with Crippen LogP contribution in [-0.2, 0) is 0 Å². The molecule has 0 saturated heterocycles. The zero-order chi connectivity index (χ0) is 11.1. The molecule has 0 aromatic rings. The van der Waals surface area contributed by atoms with Gasteiger partial charge in [0.2, 0.25) is 0 Å². The van der Waals surface area contributed by atoms with Crippen LogP contribution in [0, 0.1) is 0 Å². The van der Waals surface area contributed by atoms with E-state index in [1.807, 2.05) is 0 Å². The molecule has 0 bridgehead atoms. The molecule has 0 atom stereocenters. The highest BCUT2D eigenvalue weighted by Crippen LogP contribution is 2.30. The van der Waals surface area contributed by atoms with Crippen molar-refractivity contribution in [3.8, 4) is 0 Å². The molecule has 1 heterocycles. The summed E-state index contributed by atoms with van der Waals surface area (Å²) in [5.41, 5.74) is 0.315. The van der Waals surface area contributed by atoms with Crippen molar-refractivity contribution < 1.29 is 0 Å². The number of rotatable bonds is 0. The van der Waals surface area contributed by atoms with Crippen molar-refractivity contribution in [1.82, 2.24) is 9.62 Å². The van der Waals surface area contributed by atoms with E-state index in [1.54, 1.807) is 0 Å². The van der Waals surface area contributed by atoms with Gasteiger partial charge in [-0.1, -0.05) is 15.8 Å². The maximum atomic E-state index is 3.73. The minimum atomic E-state index is 0.157. The van der Waals surface area contributed by atoms with E-state index in [0.717, 1.165) is 0 Å². The van der Waals surface area contributed by atoms with Gasteiger partial charge in [-0.15, -0.1) is 0 Å².